The van der Waals surface area contributed by atoms with Crippen molar-refractivity contribution in [2.24, 2.45) is 11.8 Å². The quantitative estimate of drug-likeness (QED) is 0.841. The molecule has 1 aromatic rings. The van der Waals surface area contributed by atoms with E-state index in [0.29, 0.717) is 25.5 Å². The minimum Gasteiger partial charge on any atom is -0.494 e. The first-order chi connectivity index (χ1) is 11.0. The topological polar surface area (TPSA) is 58.6 Å². The van der Waals surface area contributed by atoms with Crippen molar-refractivity contribution in [2.75, 3.05) is 25.0 Å². The summed E-state index contributed by atoms with van der Waals surface area (Å²) in [6.45, 7) is 8.07. The lowest BCUT2D eigenvalue weighted by Gasteiger charge is -2.17. The van der Waals surface area contributed by atoms with Crippen molar-refractivity contribution in [1.82, 2.24) is 4.90 Å². The zero-order valence-electron chi connectivity index (χ0n) is 14.2. The van der Waals surface area contributed by atoms with Crippen molar-refractivity contribution in [3.8, 4) is 5.75 Å². The number of ether oxygens (including phenoxy) is 1. The van der Waals surface area contributed by atoms with Gasteiger partial charge in [0.25, 0.3) is 0 Å². The molecule has 0 spiro atoms. The normalized spacial score (nSPS) is 17.7. The van der Waals surface area contributed by atoms with Crippen LogP contribution in [0.15, 0.2) is 24.3 Å². The van der Waals surface area contributed by atoms with Crippen molar-refractivity contribution in [2.45, 2.75) is 33.6 Å². The van der Waals surface area contributed by atoms with Crippen molar-refractivity contribution in [3.63, 3.8) is 0 Å². The maximum atomic E-state index is 12.3. The van der Waals surface area contributed by atoms with Gasteiger partial charge in [-0.05, 0) is 43.5 Å². The van der Waals surface area contributed by atoms with Crippen molar-refractivity contribution < 1.29 is 14.3 Å². The van der Waals surface area contributed by atoms with E-state index in [0.717, 1.165) is 24.4 Å². The van der Waals surface area contributed by atoms with Gasteiger partial charge in [-0.3, -0.25) is 9.59 Å². The van der Waals surface area contributed by atoms with Crippen molar-refractivity contribution in [3.05, 3.63) is 24.3 Å². The molecule has 1 aliphatic rings. The number of carbonyl (C=O) groups is 2. The first-order valence-electron chi connectivity index (χ1n) is 8.31. The summed E-state index contributed by atoms with van der Waals surface area (Å²) in [5.41, 5.74) is 0.728. The largest absolute Gasteiger partial charge is 0.494 e. The smallest absolute Gasteiger partial charge is 0.229 e. The fourth-order valence-electron chi connectivity index (χ4n) is 2.62. The van der Waals surface area contributed by atoms with Gasteiger partial charge >= 0.3 is 0 Å². The van der Waals surface area contributed by atoms with Gasteiger partial charge in [0, 0.05) is 25.2 Å². The minimum atomic E-state index is -0.263. The van der Waals surface area contributed by atoms with E-state index < -0.39 is 0 Å². The second-order valence-corrected chi connectivity index (χ2v) is 6.37. The number of rotatable bonds is 7. The van der Waals surface area contributed by atoms with Gasteiger partial charge < -0.3 is 15.0 Å². The Morgan fingerprint density at radius 3 is 2.65 bits per heavy atom. The van der Waals surface area contributed by atoms with Crippen LogP contribution < -0.4 is 10.1 Å². The third kappa shape index (κ3) is 4.98. The molecule has 0 bridgehead atoms. The molecule has 0 radical (unpaired) electrons. The van der Waals surface area contributed by atoms with Crippen LogP contribution in [0.4, 0.5) is 5.69 Å². The second-order valence-electron chi connectivity index (χ2n) is 6.37. The Kier molecular flexibility index (Phi) is 6.02. The highest BCUT2D eigenvalue weighted by Crippen LogP contribution is 2.22. The molecule has 1 N–H and O–H groups in total. The van der Waals surface area contributed by atoms with Gasteiger partial charge in [-0.1, -0.05) is 13.8 Å². The fraction of sp³-hybridized carbons (Fsp3) is 0.556. The third-order valence-corrected chi connectivity index (χ3v) is 3.99. The highest BCUT2D eigenvalue weighted by atomic mass is 16.5. The molecule has 2 rings (SSSR count). The van der Waals surface area contributed by atoms with Crippen LogP contribution in [-0.2, 0) is 9.59 Å². The predicted molar refractivity (Wildman–Crippen MR) is 90.4 cm³/mol. The van der Waals surface area contributed by atoms with Gasteiger partial charge in [-0.15, -0.1) is 0 Å². The first-order valence-corrected chi connectivity index (χ1v) is 8.31. The van der Waals surface area contributed by atoms with E-state index in [4.69, 9.17) is 4.74 Å². The Labute approximate surface area is 138 Å². The Morgan fingerprint density at radius 2 is 2.04 bits per heavy atom. The molecule has 1 aliphatic heterocycles. The summed E-state index contributed by atoms with van der Waals surface area (Å²) in [5, 5.41) is 2.89. The lowest BCUT2D eigenvalue weighted by atomic mass is 10.1. The Bertz CT molecular complexity index is 540. The summed E-state index contributed by atoms with van der Waals surface area (Å²) in [7, 11) is 0. The number of carbonyl (C=O) groups excluding carboxylic acids is 2. The summed E-state index contributed by atoms with van der Waals surface area (Å²) < 4.78 is 5.38. The summed E-state index contributed by atoms with van der Waals surface area (Å²) >= 11 is 0. The highest BCUT2D eigenvalue weighted by molar-refractivity contribution is 5.97. The summed E-state index contributed by atoms with van der Waals surface area (Å²) in [5.74, 6) is 1.06. The molecule has 1 saturated heterocycles. The fourth-order valence-corrected chi connectivity index (χ4v) is 2.62. The van der Waals surface area contributed by atoms with Crippen molar-refractivity contribution in [1.29, 1.82) is 0 Å². The molecule has 23 heavy (non-hydrogen) atoms. The Balaban J connectivity index is 1.87. The van der Waals surface area contributed by atoms with Crippen LogP contribution >= 0.6 is 0 Å². The molecule has 1 atom stereocenters. The molecular weight excluding hydrogens is 292 g/mol. The zero-order valence-corrected chi connectivity index (χ0v) is 14.2. The number of likely N-dealkylation sites (tertiary alicyclic amines) is 1. The van der Waals surface area contributed by atoms with Crippen molar-refractivity contribution >= 4 is 17.5 Å². The minimum absolute atomic E-state index is 0.0810. The number of benzene rings is 1. The van der Waals surface area contributed by atoms with Gasteiger partial charge in [0.2, 0.25) is 11.8 Å². The standard InChI is InChI=1S/C18H26N2O3/c1-4-23-16-7-5-15(6-8-16)19-18(22)14-11-17(21)20(12-14)10-9-13(2)3/h5-8,13-14H,4,9-12H2,1-3H3,(H,19,22). The summed E-state index contributed by atoms with van der Waals surface area (Å²) in [4.78, 5) is 26.1. The molecule has 0 aliphatic carbocycles. The number of amides is 2. The average molecular weight is 318 g/mol. The van der Waals surface area contributed by atoms with E-state index in [1.165, 1.54) is 0 Å². The maximum absolute atomic E-state index is 12.3. The van der Waals surface area contributed by atoms with Crippen LogP contribution in [0.25, 0.3) is 0 Å². The number of nitrogens with one attached hydrogen (secondary N) is 1. The first kappa shape index (κ1) is 17.3. The average Bonchev–Trinajstić information content (AvgIpc) is 2.89. The molecule has 0 saturated carbocycles. The Hall–Kier alpha value is -2.04. The van der Waals surface area contributed by atoms with Gasteiger partial charge in [0.15, 0.2) is 0 Å². The lowest BCUT2D eigenvalue weighted by Crippen LogP contribution is -2.29. The SMILES string of the molecule is CCOc1ccc(NC(=O)C2CC(=O)N(CCC(C)C)C2)cc1. The second kappa shape index (κ2) is 7.99. The molecular formula is C18H26N2O3. The summed E-state index contributed by atoms with van der Waals surface area (Å²) in [6.07, 6.45) is 1.28. The van der Waals surface area contributed by atoms with Crippen LogP contribution in [0.1, 0.15) is 33.6 Å². The van der Waals surface area contributed by atoms with Crippen LogP contribution in [0.2, 0.25) is 0 Å². The lowest BCUT2D eigenvalue weighted by molar-refractivity contribution is -0.128. The van der Waals surface area contributed by atoms with Gasteiger partial charge in [0.1, 0.15) is 5.75 Å². The Morgan fingerprint density at radius 1 is 1.35 bits per heavy atom. The van der Waals surface area contributed by atoms with Crippen LogP contribution in [0.3, 0.4) is 0 Å². The molecule has 5 nitrogen and oxygen atoms in total. The number of anilines is 1. The molecule has 2 amide bonds. The maximum Gasteiger partial charge on any atom is 0.229 e. The monoisotopic (exact) mass is 318 g/mol. The number of nitrogens with zero attached hydrogens (tertiary/aromatic N) is 1. The molecule has 5 heteroatoms. The zero-order chi connectivity index (χ0) is 16.8. The summed E-state index contributed by atoms with van der Waals surface area (Å²) in [6, 6.07) is 7.29. The molecule has 1 fully saturated rings. The highest BCUT2D eigenvalue weighted by Gasteiger charge is 2.34. The predicted octanol–water partition coefficient (Wildman–Crippen LogP) is 2.92. The van der Waals surface area contributed by atoms with Crippen LogP contribution in [0.5, 0.6) is 5.75 Å². The van der Waals surface area contributed by atoms with Gasteiger partial charge in [0.05, 0.1) is 12.5 Å². The van der Waals surface area contributed by atoms with Gasteiger partial charge in [-0.25, -0.2) is 0 Å². The molecule has 1 aromatic carbocycles. The van der Waals surface area contributed by atoms with E-state index in [1.54, 1.807) is 0 Å². The van der Waals surface area contributed by atoms with E-state index in [1.807, 2.05) is 36.1 Å². The molecule has 1 unspecified atom stereocenters. The van der Waals surface area contributed by atoms with E-state index in [9.17, 15) is 9.59 Å². The third-order valence-electron chi connectivity index (χ3n) is 3.99. The number of hydrogen-bond donors (Lipinski definition) is 1. The van der Waals surface area contributed by atoms with Crippen LogP contribution in [-0.4, -0.2) is 36.4 Å². The molecule has 0 aromatic heterocycles. The van der Waals surface area contributed by atoms with E-state index in [-0.39, 0.29) is 17.7 Å². The number of hydrogen-bond acceptors (Lipinski definition) is 3. The molecule has 126 valence electrons. The molecule has 1 heterocycles. The van der Waals surface area contributed by atoms with E-state index in [2.05, 4.69) is 19.2 Å². The van der Waals surface area contributed by atoms with Gasteiger partial charge in [-0.2, -0.15) is 0 Å². The van der Waals surface area contributed by atoms with E-state index >= 15 is 0 Å². The van der Waals surface area contributed by atoms with Crippen LogP contribution in [0, 0.1) is 11.8 Å².